The highest BCUT2D eigenvalue weighted by molar-refractivity contribution is 7.71. The number of rotatable bonds is 1. The fourth-order valence-corrected chi connectivity index (χ4v) is 3.34. The maximum atomic E-state index is 12.9. The van der Waals surface area contributed by atoms with Gasteiger partial charge in [0, 0.05) is 24.8 Å². The number of H-pyrrole nitrogens is 1. The van der Waals surface area contributed by atoms with Crippen LogP contribution in [0.4, 0.5) is 5.69 Å². The highest BCUT2D eigenvalue weighted by Gasteiger charge is 2.25. The first kappa shape index (κ1) is 14.8. The predicted octanol–water partition coefficient (Wildman–Crippen LogP) is 2.80. The minimum absolute atomic E-state index is 0.0677. The average molecular weight is 337 g/mol. The fraction of sp³-hybridized carbons (Fsp3) is 0.167. The number of aromatic nitrogens is 2. The first-order valence-corrected chi connectivity index (χ1v) is 8.10. The number of amides is 1. The number of anilines is 1. The minimum atomic E-state index is -0.167. The van der Waals surface area contributed by atoms with Crippen LogP contribution >= 0.6 is 12.2 Å². The Morgan fingerprint density at radius 3 is 2.83 bits per heavy atom. The number of hydrogen-bond donors (Lipinski definition) is 1. The topological polar surface area (TPSA) is 58.1 Å². The Morgan fingerprint density at radius 2 is 2.00 bits per heavy atom. The minimum Gasteiger partial charge on any atom is -0.332 e. The van der Waals surface area contributed by atoms with Gasteiger partial charge in [0.1, 0.15) is 0 Å². The summed E-state index contributed by atoms with van der Waals surface area (Å²) in [6.07, 6.45) is 0.860. The molecule has 24 heavy (non-hydrogen) atoms. The van der Waals surface area contributed by atoms with E-state index in [-0.39, 0.29) is 11.5 Å². The lowest BCUT2D eigenvalue weighted by Crippen LogP contribution is -2.29. The highest BCUT2D eigenvalue weighted by atomic mass is 32.1. The molecular formula is C18H15N3O2S. The van der Waals surface area contributed by atoms with Crippen LogP contribution < -0.4 is 10.5 Å². The molecule has 1 aliphatic rings. The highest BCUT2D eigenvalue weighted by Crippen LogP contribution is 2.29. The lowest BCUT2D eigenvalue weighted by molar-refractivity contribution is 0.0989. The van der Waals surface area contributed by atoms with Gasteiger partial charge in [-0.25, -0.2) is 0 Å². The molecular weight excluding hydrogens is 322 g/mol. The SMILES string of the molecule is Cn1c(=S)[nH]c2cc(C(=O)N3CCc4ccccc43)ccc2c1=O. The summed E-state index contributed by atoms with van der Waals surface area (Å²) < 4.78 is 1.72. The van der Waals surface area contributed by atoms with Crippen molar-refractivity contribution in [2.24, 2.45) is 7.05 Å². The molecule has 0 aliphatic carbocycles. The molecule has 0 bridgehead atoms. The number of para-hydroxylation sites is 1. The molecule has 1 N–H and O–H groups in total. The molecule has 0 atom stereocenters. The molecule has 3 aromatic rings. The third-order valence-corrected chi connectivity index (χ3v) is 4.86. The van der Waals surface area contributed by atoms with Crippen molar-refractivity contribution in [1.29, 1.82) is 0 Å². The second-order valence-electron chi connectivity index (χ2n) is 5.89. The summed E-state index contributed by atoms with van der Waals surface area (Å²) in [5, 5.41) is 0.518. The van der Waals surface area contributed by atoms with Gasteiger partial charge in [-0.3, -0.25) is 14.2 Å². The molecule has 0 unspecified atom stereocenters. The van der Waals surface area contributed by atoms with E-state index >= 15 is 0 Å². The van der Waals surface area contributed by atoms with E-state index in [1.54, 1.807) is 30.1 Å². The number of carbonyl (C=O) groups excluding carboxylic acids is 1. The normalized spacial score (nSPS) is 13.3. The van der Waals surface area contributed by atoms with Crippen molar-refractivity contribution in [2.75, 3.05) is 11.4 Å². The number of carbonyl (C=O) groups is 1. The molecule has 2 aromatic carbocycles. The number of hydrogen-bond acceptors (Lipinski definition) is 3. The van der Waals surface area contributed by atoms with Crippen molar-refractivity contribution in [3.8, 4) is 0 Å². The van der Waals surface area contributed by atoms with Crippen molar-refractivity contribution < 1.29 is 4.79 Å². The van der Waals surface area contributed by atoms with Gasteiger partial charge in [0.15, 0.2) is 4.77 Å². The average Bonchev–Trinajstić information content (AvgIpc) is 3.03. The molecule has 0 spiro atoms. The second kappa shape index (κ2) is 5.42. The van der Waals surface area contributed by atoms with E-state index in [0.717, 1.165) is 12.1 Å². The van der Waals surface area contributed by atoms with Crippen molar-refractivity contribution in [3.05, 3.63) is 68.7 Å². The van der Waals surface area contributed by atoms with Crippen LogP contribution in [0.1, 0.15) is 15.9 Å². The number of nitrogens with zero attached hydrogens (tertiary/aromatic N) is 2. The van der Waals surface area contributed by atoms with Gasteiger partial charge in [0.2, 0.25) is 0 Å². The molecule has 0 radical (unpaired) electrons. The Labute approximate surface area is 143 Å². The summed E-state index contributed by atoms with van der Waals surface area (Å²) in [5.41, 5.74) is 3.10. The number of aromatic amines is 1. The van der Waals surface area contributed by atoms with Crippen LogP contribution in [-0.2, 0) is 13.5 Å². The fourth-order valence-electron chi connectivity index (χ4n) is 3.14. The zero-order valence-corrected chi connectivity index (χ0v) is 13.9. The summed E-state index contributed by atoms with van der Waals surface area (Å²) >= 11 is 5.15. The van der Waals surface area contributed by atoms with Gasteiger partial charge >= 0.3 is 0 Å². The molecule has 120 valence electrons. The molecule has 2 heterocycles. The zero-order valence-electron chi connectivity index (χ0n) is 13.1. The van der Waals surface area contributed by atoms with E-state index in [1.165, 1.54) is 10.1 Å². The molecule has 0 saturated heterocycles. The zero-order chi connectivity index (χ0) is 16.8. The number of benzene rings is 2. The smallest absolute Gasteiger partial charge is 0.261 e. The second-order valence-corrected chi connectivity index (χ2v) is 6.28. The maximum Gasteiger partial charge on any atom is 0.261 e. The summed E-state index contributed by atoms with van der Waals surface area (Å²) in [6, 6.07) is 13.0. The van der Waals surface area contributed by atoms with Crippen LogP contribution in [0.3, 0.4) is 0 Å². The number of nitrogens with one attached hydrogen (secondary N) is 1. The van der Waals surface area contributed by atoms with Gasteiger partial charge in [-0.15, -0.1) is 0 Å². The Bertz CT molecular complexity index is 1100. The van der Waals surface area contributed by atoms with Gasteiger partial charge in [0.05, 0.1) is 10.9 Å². The summed E-state index contributed by atoms with van der Waals surface area (Å²) in [6.45, 7) is 0.669. The van der Waals surface area contributed by atoms with E-state index in [4.69, 9.17) is 12.2 Å². The van der Waals surface area contributed by atoms with Crippen molar-refractivity contribution >= 4 is 34.7 Å². The van der Waals surface area contributed by atoms with Crippen molar-refractivity contribution in [2.45, 2.75) is 6.42 Å². The van der Waals surface area contributed by atoms with Crippen LogP contribution in [0.15, 0.2) is 47.3 Å². The monoisotopic (exact) mass is 337 g/mol. The lowest BCUT2D eigenvalue weighted by Gasteiger charge is -2.17. The number of fused-ring (bicyclic) bond motifs is 2. The largest absolute Gasteiger partial charge is 0.332 e. The van der Waals surface area contributed by atoms with E-state index in [9.17, 15) is 9.59 Å². The van der Waals surface area contributed by atoms with Crippen LogP contribution in [0.5, 0.6) is 0 Å². The van der Waals surface area contributed by atoms with Crippen LogP contribution in [0, 0.1) is 4.77 Å². The summed E-state index contributed by atoms with van der Waals surface area (Å²) in [7, 11) is 1.63. The maximum absolute atomic E-state index is 12.9. The molecule has 0 saturated carbocycles. The van der Waals surface area contributed by atoms with Gasteiger partial charge < -0.3 is 9.88 Å². The van der Waals surface area contributed by atoms with Crippen molar-refractivity contribution in [3.63, 3.8) is 0 Å². The van der Waals surface area contributed by atoms with E-state index in [0.29, 0.717) is 27.8 Å². The molecule has 4 rings (SSSR count). The van der Waals surface area contributed by atoms with Gasteiger partial charge in [-0.05, 0) is 48.5 Å². The Kier molecular flexibility index (Phi) is 3.35. The van der Waals surface area contributed by atoms with Crippen LogP contribution in [0.2, 0.25) is 0 Å². The van der Waals surface area contributed by atoms with Crippen LogP contribution in [-0.4, -0.2) is 22.0 Å². The van der Waals surface area contributed by atoms with Gasteiger partial charge in [-0.1, -0.05) is 18.2 Å². The van der Waals surface area contributed by atoms with E-state index in [1.807, 2.05) is 24.3 Å². The third kappa shape index (κ3) is 2.18. The summed E-state index contributed by atoms with van der Waals surface area (Å²) in [5.74, 6) is -0.0677. The third-order valence-electron chi connectivity index (χ3n) is 4.48. The van der Waals surface area contributed by atoms with Crippen molar-refractivity contribution in [1.82, 2.24) is 9.55 Å². The Morgan fingerprint density at radius 1 is 1.21 bits per heavy atom. The predicted molar refractivity (Wildman–Crippen MR) is 96.2 cm³/mol. The summed E-state index contributed by atoms with van der Waals surface area (Å²) in [4.78, 5) is 29.9. The first-order chi connectivity index (χ1) is 11.6. The Balaban J connectivity index is 1.80. The van der Waals surface area contributed by atoms with Crippen LogP contribution in [0.25, 0.3) is 10.9 Å². The quantitative estimate of drug-likeness (QED) is 0.695. The standard InChI is InChI=1S/C18H15N3O2S/c1-20-17(23)13-7-6-12(10-14(13)19-18(20)24)16(22)21-9-8-11-4-2-3-5-15(11)21/h2-7,10H,8-9H2,1H3,(H,19,24). The Hall–Kier alpha value is -2.73. The molecule has 6 heteroatoms. The molecule has 1 aromatic heterocycles. The van der Waals surface area contributed by atoms with Gasteiger partial charge in [0.25, 0.3) is 11.5 Å². The first-order valence-electron chi connectivity index (χ1n) is 7.69. The molecule has 5 nitrogen and oxygen atoms in total. The molecule has 1 aliphatic heterocycles. The van der Waals surface area contributed by atoms with E-state index in [2.05, 4.69) is 4.98 Å². The van der Waals surface area contributed by atoms with Gasteiger partial charge in [-0.2, -0.15) is 0 Å². The molecule has 1 amide bonds. The lowest BCUT2D eigenvalue weighted by atomic mass is 10.1. The van der Waals surface area contributed by atoms with E-state index < -0.39 is 0 Å². The molecule has 0 fully saturated rings.